The number of anilines is 1. The highest BCUT2D eigenvalue weighted by Crippen LogP contribution is 2.35. The number of para-hydroxylation sites is 1. The zero-order valence-corrected chi connectivity index (χ0v) is 12.7. The lowest BCUT2D eigenvalue weighted by molar-refractivity contribution is 0.102. The van der Waals surface area contributed by atoms with Gasteiger partial charge in [0.15, 0.2) is 11.5 Å². The Kier molecular flexibility index (Phi) is 4.29. The Morgan fingerprint density at radius 2 is 2.00 bits per heavy atom. The van der Waals surface area contributed by atoms with Gasteiger partial charge in [0.1, 0.15) is 0 Å². The summed E-state index contributed by atoms with van der Waals surface area (Å²) in [6.07, 6.45) is 0. The molecule has 0 aromatic heterocycles. The first-order chi connectivity index (χ1) is 9.52. The molecular weight excluding hydrogens is 322 g/mol. The van der Waals surface area contributed by atoms with Crippen LogP contribution >= 0.6 is 15.9 Å². The first kappa shape index (κ1) is 14.4. The molecule has 2 aromatic rings. The summed E-state index contributed by atoms with van der Waals surface area (Å²) < 4.78 is 5.44. The summed E-state index contributed by atoms with van der Waals surface area (Å²) in [6.45, 7) is 1.92. The summed E-state index contributed by atoms with van der Waals surface area (Å²) in [5.41, 5.74) is 2.13. The van der Waals surface area contributed by atoms with Gasteiger partial charge in [-0.2, -0.15) is 0 Å². The van der Waals surface area contributed by atoms with E-state index in [9.17, 15) is 9.90 Å². The number of rotatable bonds is 3. The van der Waals surface area contributed by atoms with E-state index < -0.39 is 0 Å². The van der Waals surface area contributed by atoms with Gasteiger partial charge in [0.25, 0.3) is 5.91 Å². The number of ether oxygens (including phenoxy) is 1. The second kappa shape index (κ2) is 5.96. The van der Waals surface area contributed by atoms with E-state index >= 15 is 0 Å². The number of carbonyl (C=O) groups is 1. The lowest BCUT2D eigenvalue weighted by Gasteiger charge is -2.11. The van der Waals surface area contributed by atoms with Gasteiger partial charge in [-0.25, -0.2) is 0 Å². The molecule has 0 radical (unpaired) electrons. The minimum absolute atomic E-state index is 0.0278. The molecular formula is C15H14BrNO3. The van der Waals surface area contributed by atoms with E-state index in [-0.39, 0.29) is 17.4 Å². The normalized spacial score (nSPS) is 10.2. The summed E-state index contributed by atoms with van der Waals surface area (Å²) in [6, 6.07) is 10.6. The van der Waals surface area contributed by atoms with Crippen molar-refractivity contribution in [2.24, 2.45) is 0 Å². The summed E-state index contributed by atoms with van der Waals surface area (Å²) in [7, 11) is 1.44. The van der Waals surface area contributed by atoms with Crippen LogP contribution in [0.25, 0.3) is 0 Å². The Morgan fingerprint density at radius 3 is 2.65 bits per heavy atom. The van der Waals surface area contributed by atoms with E-state index in [2.05, 4.69) is 21.2 Å². The topological polar surface area (TPSA) is 58.6 Å². The Bertz CT molecular complexity index is 656. The van der Waals surface area contributed by atoms with Crippen molar-refractivity contribution < 1.29 is 14.6 Å². The van der Waals surface area contributed by atoms with Gasteiger partial charge in [0.2, 0.25) is 0 Å². The average molecular weight is 336 g/mol. The highest BCUT2D eigenvalue weighted by atomic mass is 79.9. The molecule has 2 aromatic carbocycles. The first-order valence-corrected chi connectivity index (χ1v) is 6.75. The van der Waals surface area contributed by atoms with Crippen molar-refractivity contribution in [2.75, 3.05) is 12.4 Å². The molecule has 2 rings (SSSR count). The summed E-state index contributed by atoms with van der Waals surface area (Å²) in [4.78, 5) is 12.2. The SMILES string of the molecule is COc1cc(C(=O)Nc2ccccc2C)cc(Br)c1O. The molecule has 0 fully saturated rings. The van der Waals surface area contributed by atoms with E-state index in [1.165, 1.54) is 13.2 Å². The molecule has 0 saturated carbocycles. The number of phenolic OH excluding ortho intramolecular Hbond substituents is 1. The predicted molar refractivity (Wildman–Crippen MR) is 81.5 cm³/mol. The number of hydrogen-bond donors (Lipinski definition) is 2. The van der Waals surface area contributed by atoms with Gasteiger partial charge in [0.05, 0.1) is 11.6 Å². The van der Waals surface area contributed by atoms with Gasteiger partial charge in [-0.3, -0.25) is 4.79 Å². The Labute approximate surface area is 125 Å². The van der Waals surface area contributed by atoms with Gasteiger partial charge >= 0.3 is 0 Å². The van der Waals surface area contributed by atoms with Crippen molar-refractivity contribution in [3.05, 3.63) is 52.0 Å². The molecule has 5 heteroatoms. The second-order valence-corrected chi connectivity index (χ2v) is 5.13. The van der Waals surface area contributed by atoms with Gasteiger partial charge in [-0.05, 0) is 46.6 Å². The van der Waals surface area contributed by atoms with E-state index in [4.69, 9.17) is 4.74 Å². The molecule has 0 aliphatic rings. The number of aryl methyl sites for hydroxylation is 1. The van der Waals surface area contributed by atoms with Crippen molar-refractivity contribution in [1.29, 1.82) is 0 Å². The number of benzene rings is 2. The van der Waals surface area contributed by atoms with Crippen LogP contribution in [0.5, 0.6) is 11.5 Å². The lowest BCUT2D eigenvalue weighted by Crippen LogP contribution is -2.13. The molecule has 4 nitrogen and oxygen atoms in total. The maximum Gasteiger partial charge on any atom is 0.255 e. The second-order valence-electron chi connectivity index (χ2n) is 4.28. The van der Waals surface area contributed by atoms with Gasteiger partial charge in [-0.1, -0.05) is 18.2 Å². The van der Waals surface area contributed by atoms with Crippen molar-refractivity contribution >= 4 is 27.5 Å². The third-order valence-corrected chi connectivity index (χ3v) is 3.51. The predicted octanol–water partition coefficient (Wildman–Crippen LogP) is 3.72. The maximum atomic E-state index is 12.2. The lowest BCUT2D eigenvalue weighted by atomic mass is 10.1. The Hall–Kier alpha value is -2.01. The number of phenols is 1. The fraction of sp³-hybridized carbons (Fsp3) is 0.133. The van der Waals surface area contributed by atoms with Crippen LogP contribution in [0.15, 0.2) is 40.9 Å². The van der Waals surface area contributed by atoms with Crippen molar-refractivity contribution in [3.8, 4) is 11.5 Å². The number of hydrogen-bond acceptors (Lipinski definition) is 3. The monoisotopic (exact) mass is 335 g/mol. The molecule has 0 aliphatic heterocycles. The van der Waals surface area contributed by atoms with E-state index in [1.54, 1.807) is 6.07 Å². The smallest absolute Gasteiger partial charge is 0.255 e. The number of halogens is 1. The van der Waals surface area contributed by atoms with Gasteiger partial charge < -0.3 is 15.2 Å². The van der Waals surface area contributed by atoms with Crippen molar-refractivity contribution in [1.82, 2.24) is 0 Å². The van der Waals surface area contributed by atoms with Crippen LogP contribution in [0.3, 0.4) is 0 Å². The van der Waals surface area contributed by atoms with Crippen LogP contribution in [-0.2, 0) is 0 Å². The third-order valence-electron chi connectivity index (χ3n) is 2.90. The molecule has 20 heavy (non-hydrogen) atoms. The number of carbonyl (C=O) groups excluding carboxylic acids is 1. The van der Waals surface area contributed by atoms with E-state index in [1.807, 2.05) is 31.2 Å². The Morgan fingerprint density at radius 1 is 1.30 bits per heavy atom. The van der Waals surface area contributed by atoms with Crippen LogP contribution in [0.2, 0.25) is 0 Å². The molecule has 0 unspecified atom stereocenters. The zero-order chi connectivity index (χ0) is 14.7. The molecule has 104 valence electrons. The highest BCUT2D eigenvalue weighted by molar-refractivity contribution is 9.10. The molecule has 0 saturated heterocycles. The van der Waals surface area contributed by atoms with Crippen LogP contribution in [0, 0.1) is 6.92 Å². The van der Waals surface area contributed by atoms with Crippen LogP contribution < -0.4 is 10.1 Å². The minimum Gasteiger partial charge on any atom is -0.503 e. The van der Waals surface area contributed by atoms with Crippen LogP contribution in [0.1, 0.15) is 15.9 Å². The van der Waals surface area contributed by atoms with Crippen LogP contribution in [0.4, 0.5) is 5.69 Å². The van der Waals surface area contributed by atoms with Gasteiger partial charge in [0, 0.05) is 11.3 Å². The largest absolute Gasteiger partial charge is 0.503 e. The number of methoxy groups -OCH3 is 1. The van der Waals surface area contributed by atoms with Crippen molar-refractivity contribution in [2.45, 2.75) is 6.92 Å². The number of amides is 1. The standard InChI is InChI=1S/C15H14BrNO3/c1-9-5-3-4-6-12(9)17-15(19)10-7-11(16)14(18)13(8-10)20-2/h3-8,18H,1-2H3,(H,17,19). The fourth-order valence-electron chi connectivity index (χ4n) is 1.77. The van der Waals surface area contributed by atoms with E-state index in [0.29, 0.717) is 10.0 Å². The summed E-state index contributed by atoms with van der Waals surface area (Å²) in [5, 5.41) is 12.6. The zero-order valence-electron chi connectivity index (χ0n) is 11.1. The third kappa shape index (κ3) is 2.93. The van der Waals surface area contributed by atoms with Crippen LogP contribution in [-0.4, -0.2) is 18.1 Å². The molecule has 0 atom stereocenters. The molecule has 0 spiro atoms. The molecule has 0 bridgehead atoms. The summed E-state index contributed by atoms with van der Waals surface area (Å²) in [5.74, 6) is -0.0486. The molecule has 2 N–H and O–H groups in total. The molecule has 0 heterocycles. The van der Waals surface area contributed by atoms with E-state index in [0.717, 1.165) is 11.3 Å². The highest BCUT2D eigenvalue weighted by Gasteiger charge is 2.14. The number of aromatic hydroxyl groups is 1. The number of nitrogens with one attached hydrogen (secondary N) is 1. The quantitative estimate of drug-likeness (QED) is 0.898. The Balaban J connectivity index is 2.30. The molecule has 0 aliphatic carbocycles. The fourth-order valence-corrected chi connectivity index (χ4v) is 2.21. The maximum absolute atomic E-state index is 12.2. The molecule has 1 amide bonds. The minimum atomic E-state index is -0.265. The first-order valence-electron chi connectivity index (χ1n) is 5.96. The van der Waals surface area contributed by atoms with Gasteiger partial charge in [-0.15, -0.1) is 0 Å². The van der Waals surface area contributed by atoms with Crippen molar-refractivity contribution in [3.63, 3.8) is 0 Å². The average Bonchev–Trinajstić information content (AvgIpc) is 2.44. The summed E-state index contributed by atoms with van der Waals surface area (Å²) >= 11 is 3.20.